The first kappa shape index (κ1) is 9.94. The number of nitrogens with one attached hydrogen (secondary N) is 1. The van der Waals surface area contributed by atoms with Gasteiger partial charge < -0.3 is 11.1 Å². The maximum absolute atomic E-state index is 10.8. The molecule has 11 heavy (non-hydrogen) atoms. The smallest absolute Gasteiger partial charge is 0.221 e. The van der Waals surface area contributed by atoms with Gasteiger partial charge in [-0.15, -0.1) is 0 Å². The van der Waals surface area contributed by atoms with Crippen molar-refractivity contribution in [3.8, 4) is 0 Å². The first-order valence-corrected chi connectivity index (χ1v) is 3.70. The van der Waals surface area contributed by atoms with Crippen LogP contribution in [0.5, 0.6) is 0 Å². The van der Waals surface area contributed by atoms with E-state index in [1.54, 1.807) is 6.92 Å². The molecule has 4 heteroatoms. The summed E-state index contributed by atoms with van der Waals surface area (Å²) in [7, 11) is 0. The third-order valence-electron chi connectivity index (χ3n) is 1.07. The molecule has 0 aliphatic carbocycles. The Morgan fingerprint density at radius 2 is 2.27 bits per heavy atom. The molecule has 0 fully saturated rings. The van der Waals surface area contributed by atoms with Crippen LogP contribution in [0.2, 0.25) is 0 Å². The van der Waals surface area contributed by atoms with Crippen LogP contribution < -0.4 is 11.1 Å². The van der Waals surface area contributed by atoms with Gasteiger partial charge in [0.15, 0.2) is 0 Å². The van der Waals surface area contributed by atoms with Gasteiger partial charge in [0.05, 0.1) is 5.84 Å². The number of rotatable bonds is 4. The Balaban J connectivity index is 3.39. The van der Waals surface area contributed by atoms with Crippen LogP contribution in [-0.4, -0.2) is 24.8 Å². The molecule has 0 aromatic heterocycles. The predicted molar refractivity (Wildman–Crippen MR) is 45.5 cm³/mol. The van der Waals surface area contributed by atoms with Gasteiger partial charge in [-0.3, -0.25) is 9.79 Å². The van der Waals surface area contributed by atoms with Gasteiger partial charge in [-0.05, 0) is 13.8 Å². The molecule has 1 amide bonds. The van der Waals surface area contributed by atoms with Gasteiger partial charge in [0, 0.05) is 19.5 Å². The number of aliphatic imine (C=N–C) groups is 1. The van der Waals surface area contributed by atoms with Crippen molar-refractivity contribution in [1.82, 2.24) is 5.32 Å². The Morgan fingerprint density at radius 1 is 1.64 bits per heavy atom. The molecule has 64 valence electrons. The van der Waals surface area contributed by atoms with Crippen LogP contribution in [0.3, 0.4) is 0 Å². The minimum atomic E-state index is 0.0255. The number of amidine groups is 1. The van der Waals surface area contributed by atoms with Crippen molar-refractivity contribution in [1.29, 1.82) is 0 Å². The van der Waals surface area contributed by atoms with Crippen LogP contribution in [0.4, 0.5) is 0 Å². The summed E-state index contributed by atoms with van der Waals surface area (Å²) in [6.45, 7) is 4.74. The summed E-state index contributed by atoms with van der Waals surface area (Å²) in [6.07, 6.45) is 0.419. The zero-order valence-electron chi connectivity index (χ0n) is 7.05. The van der Waals surface area contributed by atoms with Crippen molar-refractivity contribution in [3.63, 3.8) is 0 Å². The Morgan fingerprint density at radius 3 is 2.73 bits per heavy atom. The average molecular weight is 157 g/mol. The fraction of sp³-hybridized carbons (Fsp3) is 0.714. The van der Waals surface area contributed by atoms with E-state index in [1.807, 2.05) is 6.92 Å². The Kier molecular flexibility index (Phi) is 5.15. The standard InChI is InChI=1S/C7H15N3O/c1-3-9-7(11)4-5-10-6(2)8/h3-5H2,1-2H3,(H2,8,10)(H,9,11). The number of hydrogen-bond acceptors (Lipinski definition) is 2. The van der Waals surface area contributed by atoms with Gasteiger partial charge in [0.25, 0.3) is 0 Å². The molecule has 0 spiro atoms. The van der Waals surface area contributed by atoms with Gasteiger partial charge >= 0.3 is 0 Å². The lowest BCUT2D eigenvalue weighted by Gasteiger charge is -1.98. The maximum atomic E-state index is 10.8. The second-order valence-corrected chi connectivity index (χ2v) is 2.23. The zero-order chi connectivity index (χ0) is 8.69. The second-order valence-electron chi connectivity index (χ2n) is 2.23. The molecule has 0 aromatic rings. The van der Waals surface area contributed by atoms with Crippen LogP contribution in [0.15, 0.2) is 4.99 Å². The van der Waals surface area contributed by atoms with Crippen molar-refractivity contribution in [2.75, 3.05) is 13.1 Å². The summed E-state index contributed by atoms with van der Waals surface area (Å²) < 4.78 is 0. The Labute approximate surface area is 66.9 Å². The normalized spacial score (nSPS) is 11.3. The van der Waals surface area contributed by atoms with Crippen LogP contribution in [0.25, 0.3) is 0 Å². The summed E-state index contributed by atoms with van der Waals surface area (Å²) in [6, 6.07) is 0. The number of amides is 1. The lowest BCUT2D eigenvalue weighted by Crippen LogP contribution is -2.23. The van der Waals surface area contributed by atoms with E-state index in [1.165, 1.54) is 0 Å². The van der Waals surface area contributed by atoms with Crippen molar-refractivity contribution in [2.45, 2.75) is 20.3 Å². The third-order valence-corrected chi connectivity index (χ3v) is 1.07. The van der Waals surface area contributed by atoms with Crippen LogP contribution in [0.1, 0.15) is 20.3 Å². The number of carbonyl (C=O) groups is 1. The number of hydrogen-bond donors (Lipinski definition) is 2. The quantitative estimate of drug-likeness (QED) is 0.441. The van der Waals surface area contributed by atoms with Crippen LogP contribution in [0, 0.1) is 0 Å². The van der Waals surface area contributed by atoms with Gasteiger partial charge in [0.2, 0.25) is 5.91 Å². The summed E-state index contributed by atoms with van der Waals surface area (Å²) in [4.78, 5) is 14.7. The van der Waals surface area contributed by atoms with Crippen molar-refractivity contribution < 1.29 is 4.79 Å². The molecule has 0 saturated heterocycles. The summed E-state index contributed by atoms with van der Waals surface area (Å²) in [5.74, 6) is 0.548. The maximum Gasteiger partial charge on any atom is 0.221 e. The summed E-state index contributed by atoms with van der Waals surface area (Å²) >= 11 is 0. The molecule has 0 rings (SSSR count). The van der Waals surface area contributed by atoms with Gasteiger partial charge in [0.1, 0.15) is 0 Å². The highest BCUT2D eigenvalue weighted by molar-refractivity contribution is 5.79. The zero-order valence-corrected chi connectivity index (χ0v) is 7.05. The second kappa shape index (κ2) is 5.70. The van der Waals surface area contributed by atoms with Crippen LogP contribution >= 0.6 is 0 Å². The van der Waals surface area contributed by atoms with Crippen molar-refractivity contribution in [2.24, 2.45) is 10.7 Å². The molecule has 4 nitrogen and oxygen atoms in total. The highest BCUT2D eigenvalue weighted by atomic mass is 16.1. The van der Waals surface area contributed by atoms with E-state index in [0.29, 0.717) is 25.3 Å². The van der Waals surface area contributed by atoms with Crippen molar-refractivity contribution >= 4 is 11.7 Å². The first-order chi connectivity index (χ1) is 5.16. The third kappa shape index (κ3) is 6.83. The topological polar surface area (TPSA) is 67.5 Å². The SMILES string of the molecule is CCNC(=O)CCN=C(C)N. The Hall–Kier alpha value is -1.06. The minimum absolute atomic E-state index is 0.0255. The highest BCUT2D eigenvalue weighted by Gasteiger charge is 1.95. The average Bonchev–Trinajstić information content (AvgIpc) is 1.87. The van der Waals surface area contributed by atoms with E-state index in [4.69, 9.17) is 5.73 Å². The van der Waals surface area contributed by atoms with E-state index in [2.05, 4.69) is 10.3 Å². The van der Waals surface area contributed by atoms with E-state index in [-0.39, 0.29) is 5.91 Å². The van der Waals surface area contributed by atoms with Crippen LogP contribution in [-0.2, 0) is 4.79 Å². The predicted octanol–water partition coefficient (Wildman–Crippen LogP) is -0.110. The molecule has 0 aromatic carbocycles. The summed E-state index contributed by atoms with van der Waals surface area (Å²) in [5.41, 5.74) is 5.27. The van der Waals surface area contributed by atoms with Gasteiger partial charge in [-0.2, -0.15) is 0 Å². The minimum Gasteiger partial charge on any atom is -0.388 e. The lowest BCUT2D eigenvalue weighted by atomic mass is 10.4. The molecule has 3 N–H and O–H groups in total. The molecule has 0 unspecified atom stereocenters. The Bertz CT molecular complexity index is 150. The van der Waals surface area contributed by atoms with E-state index in [9.17, 15) is 4.79 Å². The lowest BCUT2D eigenvalue weighted by molar-refractivity contribution is -0.120. The fourth-order valence-corrected chi connectivity index (χ4v) is 0.619. The van der Waals surface area contributed by atoms with E-state index in [0.717, 1.165) is 0 Å². The molecule has 0 aliphatic heterocycles. The number of nitrogens with zero attached hydrogens (tertiary/aromatic N) is 1. The first-order valence-electron chi connectivity index (χ1n) is 3.70. The highest BCUT2D eigenvalue weighted by Crippen LogP contribution is 1.81. The molecule has 0 bridgehead atoms. The molecular formula is C7H15N3O. The number of nitrogens with two attached hydrogens (primary N) is 1. The molecule has 0 atom stereocenters. The monoisotopic (exact) mass is 157 g/mol. The van der Waals surface area contributed by atoms with Gasteiger partial charge in [-0.1, -0.05) is 0 Å². The van der Waals surface area contributed by atoms with E-state index < -0.39 is 0 Å². The van der Waals surface area contributed by atoms with Gasteiger partial charge in [-0.25, -0.2) is 0 Å². The molecule has 0 heterocycles. The largest absolute Gasteiger partial charge is 0.388 e. The molecule has 0 saturated carbocycles. The molecular weight excluding hydrogens is 142 g/mol. The van der Waals surface area contributed by atoms with Crippen molar-refractivity contribution in [3.05, 3.63) is 0 Å². The molecule has 0 radical (unpaired) electrons. The molecule has 0 aliphatic rings. The fourth-order valence-electron chi connectivity index (χ4n) is 0.619. The summed E-state index contributed by atoms with van der Waals surface area (Å²) in [5, 5.41) is 2.67. The van der Waals surface area contributed by atoms with E-state index >= 15 is 0 Å². The number of carbonyl (C=O) groups excluding carboxylic acids is 1.